The molecule has 1 N–H and O–H groups in total. The van der Waals surface area contributed by atoms with Crippen molar-refractivity contribution in [3.05, 3.63) is 35.9 Å². The predicted octanol–water partition coefficient (Wildman–Crippen LogP) is 1.66. The van der Waals surface area contributed by atoms with Crippen LogP contribution in [-0.2, 0) is 11.3 Å². The summed E-state index contributed by atoms with van der Waals surface area (Å²) in [7, 11) is 0. The molecular weight excluding hydrogens is 154 g/mol. The van der Waals surface area contributed by atoms with Crippen LogP contribution in [-0.4, -0.2) is 18.0 Å². The lowest BCUT2D eigenvalue weighted by Gasteiger charge is -1.99. The van der Waals surface area contributed by atoms with Crippen LogP contribution in [0.15, 0.2) is 35.5 Å². The van der Waals surface area contributed by atoms with Gasteiger partial charge in [0.15, 0.2) is 0 Å². The first-order valence-electron chi connectivity index (χ1n) is 3.71. The van der Waals surface area contributed by atoms with Crippen molar-refractivity contribution in [1.82, 2.24) is 0 Å². The van der Waals surface area contributed by atoms with E-state index >= 15 is 0 Å². The van der Waals surface area contributed by atoms with Crippen molar-refractivity contribution in [2.45, 2.75) is 6.61 Å². The van der Waals surface area contributed by atoms with Gasteiger partial charge in [0.05, 0.1) is 19.4 Å². The van der Waals surface area contributed by atoms with Crippen LogP contribution in [0, 0.1) is 0 Å². The molecule has 0 amide bonds. The number of ether oxygens (including phenoxy) is 1. The van der Waals surface area contributed by atoms with Crippen molar-refractivity contribution in [3.63, 3.8) is 0 Å². The maximum Gasteiger partial charge on any atom is 0.0856 e. The summed E-state index contributed by atoms with van der Waals surface area (Å²) in [6.45, 7) is 0.887. The van der Waals surface area contributed by atoms with E-state index in [0.717, 1.165) is 5.56 Å². The average molecular weight is 165 g/mol. The molecule has 12 heavy (non-hydrogen) atoms. The van der Waals surface area contributed by atoms with E-state index in [0.29, 0.717) is 13.2 Å². The Morgan fingerprint density at radius 3 is 2.75 bits per heavy atom. The van der Waals surface area contributed by atoms with Gasteiger partial charge in [-0.3, -0.25) is 0 Å². The Labute approximate surface area is 71.3 Å². The van der Waals surface area contributed by atoms with E-state index in [1.54, 1.807) is 0 Å². The summed E-state index contributed by atoms with van der Waals surface area (Å²) in [6, 6.07) is 9.84. The first kappa shape index (κ1) is 8.74. The Hall–Kier alpha value is -1.35. The third-order valence-corrected chi connectivity index (χ3v) is 1.39. The van der Waals surface area contributed by atoms with E-state index in [9.17, 15) is 0 Å². The quantitative estimate of drug-likeness (QED) is 0.319. The van der Waals surface area contributed by atoms with Crippen molar-refractivity contribution < 1.29 is 9.94 Å². The van der Waals surface area contributed by atoms with E-state index in [1.165, 1.54) is 6.21 Å². The standard InChI is InChI=1S/C9H11NO2/c11-10-6-7-12-8-9-4-2-1-3-5-9/h1-6,11H,7-8H2/b10-6+. The first-order valence-corrected chi connectivity index (χ1v) is 3.71. The van der Waals surface area contributed by atoms with Crippen molar-refractivity contribution in [2.24, 2.45) is 5.16 Å². The Morgan fingerprint density at radius 2 is 2.08 bits per heavy atom. The number of oxime groups is 1. The average Bonchev–Trinajstić information content (AvgIpc) is 2.14. The van der Waals surface area contributed by atoms with Crippen LogP contribution in [0.2, 0.25) is 0 Å². The molecule has 0 aromatic heterocycles. The zero-order valence-corrected chi connectivity index (χ0v) is 6.68. The summed E-state index contributed by atoms with van der Waals surface area (Å²) < 4.78 is 5.15. The molecule has 3 nitrogen and oxygen atoms in total. The Morgan fingerprint density at radius 1 is 1.33 bits per heavy atom. The molecule has 1 rings (SSSR count). The first-order chi connectivity index (χ1) is 5.93. The summed E-state index contributed by atoms with van der Waals surface area (Å²) in [5, 5.41) is 10.9. The van der Waals surface area contributed by atoms with Gasteiger partial charge in [0.25, 0.3) is 0 Å². The van der Waals surface area contributed by atoms with Gasteiger partial charge in [0.1, 0.15) is 0 Å². The fourth-order valence-corrected chi connectivity index (χ4v) is 0.837. The highest BCUT2D eigenvalue weighted by Gasteiger charge is 1.88. The maximum atomic E-state index is 8.05. The van der Waals surface area contributed by atoms with Crippen LogP contribution in [0.25, 0.3) is 0 Å². The summed E-state index contributed by atoms with van der Waals surface area (Å²) in [4.78, 5) is 0. The van der Waals surface area contributed by atoms with Gasteiger partial charge in [-0.05, 0) is 5.56 Å². The van der Waals surface area contributed by atoms with Crippen molar-refractivity contribution in [2.75, 3.05) is 6.61 Å². The molecule has 0 aliphatic carbocycles. The Balaban J connectivity index is 2.24. The minimum atomic E-state index is 0.339. The number of hydrogen-bond donors (Lipinski definition) is 1. The third-order valence-electron chi connectivity index (χ3n) is 1.39. The predicted molar refractivity (Wildman–Crippen MR) is 46.4 cm³/mol. The zero-order chi connectivity index (χ0) is 8.65. The molecule has 3 heteroatoms. The van der Waals surface area contributed by atoms with Crippen LogP contribution in [0.1, 0.15) is 5.56 Å². The normalized spacial score (nSPS) is 10.7. The number of nitrogens with zero attached hydrogens (tertiary/aromatic N) is 1. The molecule has 64 valence electrons. The molecule has 0 aliphatic heterocycles. The van der Waals surface area contributed by atoms with Gasteiger partial charge in [0.2, 0.25) is 0 Å². The smallest absolute Gasteiger partial charge is 0.0856 e. The lowest BCUT2D eigenvalue weighted by atomic mass is 10.2. The van der Waals surface area contributed by atoms with Gasteiger partial charge in [0, 0.05) is 0 Å². The molecular formula is C9H11NO2. The molecule has 0 heterocycles. The highest BCUT2D eigenvalue weighted by molar-refractivity contribution is 5.57. The Bertz CT molecular complexity index is 234. The highest BCUT2D eigenvalue weighted by Crippen LogP contribution is 1.99. The van der Waals surface area contributed by atoms with Crippen LogP contribution >= 0.6 is 0 Å². The number of rotatable bonds is 4. The molecule has 0 bridgehead atoms. The van der Waals surface area contributed by atoms with Gasteiger partial charge in [-0.2, -0.15) is 0 Å². The molecule has 0 aliphatic rings. The molecule has 0 fully saturated rings. The van der Waals surface area contributed by atoms with E-state index < -0.39 is 0 Å². The minimum Gasteiger partial charge on any atom is -0.411 e. The largest absolute Gasteiger partial charge is 0.411 e. The monoisotopic (exact) mass is 165 g/mol. The van der Waals surface area contributed by atoms with E-state index in [4.69, 9.17) is 9.94 Å². The molecule has 0 saturated carbocycles. The van der Waals surface area contributed by atoms with Gasteiger partial charge in [-0.25, -0.2) is 0 Å². The van der Waals surface area contributed by atoms with Crippen LogP contribution in [0.4, 0.5) is 0 Å². The second-order valence-electron chi connectivity index (χ2n) is 2.30. The summed E-state index contributed by atoms with van der Waals surface area (Å²) in [5.74, 6) is 0. The van der Waals surface area contributed by atoms with Crippen molar-refractivity contribution in [3.8, 4) is 0 Å². The zero-order valence-electron chi connectivity index (χ0n) is 6.68. The second kappa shape index (κ2) is 5.32. The minimum absolute atomic E-state index is 0.339. The molecule has 1 aromatic rings. The number of hydrogen-bond acceptors (Lipinski definition) is 3. The van der Waals surface area contributed by atoms with Gasteiger partial charge in [-0.1, -0.05) is 35.5 Å². The molecule has 0 unspecified atom stereocenters. The second-order valence-corrected chi connectivity index (χ2v) is 2.30. The molecule has 0 saturated heterocycles. The van der Waals surface area contributed by atoms with Crippen LogP contribution in [0.3, 0.4) is 0 Å². The van der Waals surface area contributed by atoms with E-state index in [2.05, 4.69) is 5.16 Å². The molecule has 1 aromatic carbocycles. The van der Waals surface area contributed by atoms with E-state index in [1.807, 2.05) is 30.3 Å². The lowest BCUT2D eigenvalue weighted by molar-refractivity contribution is 0.158. The van der Waals surface area contributed by atoms with E-state index in [-0.39, 0.29) is 0 Å². The Kier molecular flexibility index (Phi) is 3.88. The highest BCUT2D eigenvalue weighted by atomic mass is 16.5. The molecule has 0 radical (unpaired) electrons. The number of benzene rings is 1. The molecule has 0 atom stereocenters. The summed E-state index contributed by atoms with van der Waals surface area (Å²) in [6.07, 6.45) is 1.31. The third kappa shape index (κ3) is 3.16. The van der Waals surface area contributed by atoms with Crippen LogP contribution in [0.5, 0.6) is 0 Å². The van der Waals surface area contributed by atoms with Gasteiger partial charge in [-0.15, -0.1) is 0 Å². The SMILES string of the molecule is O/N=C/COCc1ccccc1. The maximum absolute atomic E-state index is 8.05. The lowest BCUT2D eigenvalue weighted by Crippen LogP contribution is -1.95. The summed E-state index contributed by atoms with van der Waals surface area (Å²) in [5.41, 5.74) is 1.11. The fourth-order valence-electron chi connectivity index (χ4n) is 0.837. The van der Waals surface area contributed by atoms with Crippen molar-refractivity contribution in [1.29, 1.82) is 0 Å². The van der Waals surface area contributed by atoms with Gasteiger partial charge >= 0.3 is 0 Å². The van der Waals surface area contributed by atoms with Gasteiger partial charge < -0.3 is 9.94 Å². The topological polar surface area (TPSA) is 41.8 Å². The van der Waals surface area contributed by atoms with Crippen molar-refractivity contribution >= 4 is 6.21 Å². The molecule has 0 spiro atoms. The van der Waals surface area contributed by atoms with Crippen LogP contribution < -0.4 is 0 Å². The summed E-state index contributed by atoms with van der Waals surface area (Å²) >= 11 is 0. The fraction of sp³-hybridized carbons (Fsp3) is 0.222.